The third-order valence-electron chi connectivity index (χ3n) is 2.58. The molecule has 0 aliphatic carbocycles. The van der Waals surface area contributed by atoms with Crippen molar-refractivity contribution >= 4 is 10.1 Å². The van der Waals surface area contributed by atoms with Gasteiger partial charge in [0.15, 0.2) is 0 Å². The SMILES string of the molecule is CC(C)c1cccc(S(=O)(=O)O)c1C(C)C.[Na+].[O-]O. The van der Waals surface area contributed by atoms with Crippen LogP contribution < -0.4 is 34.8 Å². The molecule has 0 aliphatic rings. The first kappa shape index (κ1) is 21.4. The molecule has 19 heavy (non-hydrogen) atoms. The third-order valence-corrected chi connectivity index (χ3v) is 3.49. The van der Waals surface area contributed by atoms with Gasteiger partial charge in [0, 0.05) is 0 Å². The van der Waals surface area contributed by atoms with Gasteiger partial charge in [-0.1, -0.05) is 39.8 Å². The molecule has 0 aliphatic heterocycles. The number of rotatable bonds is 3. The van der Waals surface area contributed by atoms with Gasteiger partial charge in [-0.3, -0.25) is 4.55 Å². The van der Waals surface area contributed by atoms with Gasteiger partial charge >= 0.3 is 29.6 Å². The number of hydrogen-bond donors (Lipinski definition) is 2. The van der Waals surface area contributed by atoms with Crippen LogP contribution in [0.25, 0.3) is 0 Å². The first-order valence-corrected chi connectivity index (χ1v) is 6.97. The molecular weight excluding hydrogens is 279 g/mol. The van der Waals surface area contributed by atoms with E-state index < -0.39 is 10.1 Å². The van der Waals surface area contributed by atoms with E-state index in [1.165, 1.54) is 6.07 Å². The number of hydrogen-bond acceptors (Lipinski definition) is 4. The van der Waals surface area contributed by atoms with Crippen molar-refractivity contribution in [3.63, 3.8) is 0 Å². The van der Waals surface area contributed by atoms with Gasteiger partial charge in [0.05, 0.1) is 4.90 Å². The summed E-state index contributed by atoms with van der Waals surface area (Å²) in [5.41, 5.74) is 1.70. The molecule has 0 saturated heterocycles. The summed E-state index contributed by atoms with van der Waals surface area (Å²) in [4.78, 5) is 0.0358. The van der Waals surface area contributed by atoms with Crippen LogP contribution in [0.2, 0.25) is 0 Å². The monoisotopic (exact) mass is 298 g/mol. The van der Waals surface area contributed by atoms with Crippen LogP contribution in [0.15, 0.2) is 23.1 Å². The Morgan fingerprint density at radius 1 is 1.05 bits per heavy atom. The predicted molar refractivity (Wildman–Crippen MR) is 67.1 cm³/mol. The van der Waals surface area contributed by atoms with Crippen LogP contribution in [-0.4, -0.2) is 18.2 Å². The smallest absolute Gasteiger partial charge is 0.727 e. The second-order valence-electron chi connectivity index (χ2n) is 4.54. The Morgan fingerprint density at radius 2 is 1.53 bits per heavy atom. The summed E-state index contributed by atoms with van der Waals surface area (Å²) < 4.78 is 31.8. The van der Waals surface area contributed by atoms with Crippen LogP contribution in [-0.2, 0) is 10.1 Å². The van der Waals surface area contributed by atoms with Gasteiger partial charge < -0.3 is 10.5 Å². The topological polar surface area (TPSA) is 97.7 Å². The summed E-state index contributed by atoms with van der Waals surface area (Å²) in [6.07, 6.45) is 0. The Hall–Kier alpha value is 0.0500. The Bertz CT molecular complexity index is 483. The number of benzene rings is 1. The van der Waals surface area contributed by atoms with Crippen molar-refractivity contribution in [1.29, 1.82) is 0 Å². The van der Waals surface area contributed by atoms with Crippen LogP contribution in [0.4, 0.5) is 0 Å². The zero-order valence-electron chi connectivity index (χ0n) is 11.9. The molecule has 0 bridgehead atoms. The predicted octanol–water partition coefficient (Wildman–Crippen LogP) is -0.996. The fourth-order valence-corrected chi connectivity index (χ4v) is 2.79. The maximum absolute atomic E-state index is 11.3. The molecule has 0 fully saturated rings. The standard InChI is InChI=1S/C12H18O3S.Na.H2O2/c1-8(2)10-6-5-7-11(16(13,14)15)12(10)9(3)4;;1-2/h5-9H,1-4H3,(H,13,14,15);;1-2H/q;+1;/p-1. The van der Waals surface area contributed by atoms with E-state index in [0.29, 0.717) is 0 Å². The fraction of sp³-hybridized carbons (Fsp3) is 0.500. The zero-order chi connectivity index (χ0) is 14.5. The van der Waals surface area contributed by atoms with E-state index in [0.717, 1.165) is 11.1 Å². The summed E-state index contributed by atoms with van der Waals surface area (Å²) in [6, 6.07) is 5.04. The molecule has 0 aromatic heterocycles. The van der Waals surface area contributed by atoms with Crippen molar-refractivity contribution in [3.05, 3.63) is 29.3 Å². The van der Waals surface area contributed by atoms with E-state index in [2.05, 4.69) is 0 Å². The van der Waals surface area contributed by atoms with Crippen molar-refractivity contribution in [3.8, 4) is 0 Å². The molecule has 0 atom stereocenters. The molecule has 1 rings (SSSR count). The summed E-state index contributed by atoms with van der Waals surface area (Å²) in [7, 11) is -4.13. The molecule has 0 spiro atoms. The first-order valence-electron chi connectivity index (χ1n) is 5.53. The van der Waals surface area contributed by atoms with Crippen LogP contribution in [0.1, 0.15) is 50.7 Å². The molecule has 0 heterocycles. The van der Waals surface area contributed by atoms with Gasteiger partial charge in [-0.15, -0.1) is 0 Å². The molecule has 1 aromatic rings. The first-order chi connectivity index (χ1) is 8.25. The van der Waals surface area contributed by atoms with Crippen molar-refractivity contribution < 1.29 is 53.0 Å². The van der Waals surface area contributed by atoms with E-state index in [1.54, 1.807) is 6.07 Å². The zero-order valence-corrected chi connectivity index (χ0v) is 14.7. The summed E-state index contributed by atoms with van der Waals surface area (Å²) in [6.45, 7) is 7.87. The largest absolute Gasteiger partial charge is 1.00 e. The summed E-state index contributed by atoms with van der Waals surface area (Å²) in [5, 5.41) is 13.0. The minimum Gasteiger partial charge on any atom is -0.727 e. The van der Waals surface area contributed by atoms with Crippen molar-refractivity contribution in [2.45, 2.75) is 44.4 Å². The quantitative estimate of drug-likeness (QED) is 0.323. The van der Waals surface area contributed by atoms with Gasteiger partial charge in [0.25, 0.3) is 10.1 Å². The van der Waals surface area contributed by atoms with Gasteiger partial charge in [0.1, 0.15) is 0 Å². The average Bonchev–Trinajstić information content (AvgIpc) is 2.29. The van der Waals surface area contributed by atoms with E-state index >= 15 is 0 Å². The van der Waals surface area contributed by atoms with E-state index in [1.807, 2.05) is 33.8 Å². The van der Waals surface area contributed by atoms with Gasteiger partial charge in [0.2, 0.25) is 0 Å². The molecule has 0 radical (unpaired) electrons. The average molecular weight is 298 g/mol. The molecule has 5 nitrogen and oxygen atoms in total. The van der Waals surface area contributed by atoms with Crippen molar-refractivity contribution in [2.24, 2.45) is 0 Å². The Morgan fingerprint density at radius 3 is 1.84 bits per heavy atom. The van der Waals surface area contributed by atoms with Crippen molar-refractivity contribution in [2.75, 3.05) is 0 Å². The Kier molecular flexibility index (Phi) is 10.2. The molecule has 2 N–H and O–H groups in total. The second-order valence-corrected chi connectivity index (χ2v) is 5.93. The van der Waals surface area contributed by atoms with Crippen LogP contribution >= 0.6 is 0 Å². The Labute approximate surface area is 136 Å². The molecular formula is C12H19NaO5S. The van der Waals surface area contributed by atoms with Gasteiger partial charge in [-0.25, -0.2) is 0 Å². The van der Waals surface area contributed by atoms with Gasteiger partial charge in [-0.05, 0) is 29.0 Å². The summed E-state index contributed by atoms with van der Waals surface area (Å²) in [5.74, 6) is 0.301. The minimum atomic E-state index is -4.13. The molecule has 0 amide bonds. The molecule has 1 aromatic carbocycles. The second kappa shape index (κ2) is 9.07. The molecule has 104 valence electrons. The normalized spacial score (nSPS) is 10.8. The maximum Gasteiger partial charge on any atom is 1.00 e. The van der Waals surface area contributed by atoms with Crippen LogP contribution in [0.3, 0.4) is 0 Å². The minimum absolute atomic E-state index is 0. The van der Waals surface area contributed by atoms with E-state index in [9.17, 15) is 13.0 Å². The van der Waals surface area contributed by atoms with E-state index in [-0.39, 0.29) is 46.3 Å². The van der Waals surface area contributed by atoms with E-state index in [4.69, 9.17) is 10.5 Å². The summed E-state index contributed by atoms with van der Waals surface area (Å²) >= 11 is 0. The van der Waals surface area contributed by atoms with Gasteiger partial charge in [-0.2, -0.15) is 8.42 Å². The third kappa shape index (κ3) is 5.91. The molecule has 0 unspecified atom stereocenters. The Balaban J connectivity index is 0. The van der Waals surface area contributed by atoms with Crippen LogP contribution in [0, 0.1) is 0 Å². The maximum atomic E-state index is 11.3. The fourth-order valence-electron chi connectivity index (χ4n) is 1.91. The molecule has 7 heteroatoms. The molecule has 0 saturated carbocycles. The van der Waals surface area contributed by atoms with Crippen LogP contribution in [0.5, 0.6) is 0 Å². The van der Waals surface area contributed by atoms with Crippen molar-refractivity contribution in [1.82, 2.24) is 0 Å².